The lowest BCUT2D eigenvalue weighted by molar-refractivity contribution is -0.141. The SMILES string of the molecule is CC(C)(C)C(c1cc(-c2cc(F)ccc2F)cn1Cc1ccccc1)N(CCCNC(=O)OCC[Si](C)(C)C)C(=O)CSCC(NC(=O)CCOCCOCCOCCOCCNC(=O)CNC(=O)OCc1ccccc1)C(=O)O. The molecule has 1 aromatic heterocycles. The van der Waals surface area contributed by atoms with E-state index in [1.165, 1.54) is 0 Å². The Bertz CT molecular complexity index is 2540. The first-order valence-electron chi connectivity index (χ1n) is 26.7. The molecular weight excluding hydrogens is 1070 g/mol. The highest BCUT2D eigenvalue weighted by Crippen LogP contribution is 2.41. The van der Waals surface area contributed by atoms with Crippen LogP contribution >= 0.6 is 11.8 Å². The molecule has 3 aromatic carbocycles. The summed E-state index contributed by atoms with van der Waals surface area (Å²) in [6.45, 7) is 15.4. The first kappa shape index (κ1) is 66.1. The van der Waals surface area contributed by atoms with Gasteiger partial charge in [0.05, 0.1) is 77.8 Å². The fraction of sp³-hybridized carbons (Fsp3) is 0.509. The summed E-state index contributed by atoms with van der Waals surface area (Å²) in [6, 6.07) is 22.6. The second-order valence-electron chi connectivity index (χ2n) is 20.9. The maximum absolute atomic E-state index is 15.4. The molecule has 1 heterocycles. The predicted octanol–water partition coefficient (Wildman–Crippen LogP) is 7.65. The fourth-order valence-corrected chi connectivity index (χ4v) is 9.55. The molecule has 5 N–H and O–H groups in total. The van der Waals surface area contributed by atoms with Gasteiger partial charge < -0.3 is 64.3 Å². The first-order valence-corrected chi connectivity index (χ1v) is 31.6. The molecule has 2 unspecified atom stereocenters. The summed E-state index contributed by atoms with van der Waals surface area (Å²) < 4.78 is 64.3. The highest BCUT2D eigenvalue weighted by atomic mass is 32.2. The van der Waals surface area contributed by atoms with Crippen molar-refractivity contribution in [3.63, 3.8) is 0 Å². The second kappa shape index (κ2) is 35.4. The Hall–Kier alpha value is -6.37. The van der Waals surface area contributed by atoms with Crippen LogP contribution in [0.5, 0.6) is 0 Å². The number of ether oxygens (including phenoxy) is 6. The molecule has 0 spiro atoms. The molecule has 2 atom stereocenters. The Morgan fingerprint density at radius 2 is 1.32 bits per heavy atom. The minimum atomic E-state index is -1.44. The van der Waals surface area contributed by atoms with Crippen LogP contribution in [0.3, 0.4) is 0 Å². The van der Waals surface area contributed by atoms with E-state index < -0.39 is 61.3 Å². The Kier molecular flexibility index (Phi) is 29.2. The number of carbonyl (C=O) groups is 6. The maximum Gasteiger partial charge on any atom is 0.407 e. The van der Waals surface area contributed by atoms with Gasteiger partial charge in [0.2, 0.25) is 17.7 Å². The number of alkyl carbamates (subject to hydrolysis) is 2. The minimum absolute atomic E-state index is 0.00697. The maximum atomic E-state index is 15.4. The second-order valence-corrected chi connectivity index (χ2v) is 27.6. The van der Waals surface area contributed by atoms with Crippen molar-refractivity contribution in [2.24, 2.45) is 5.41 Å². The summed E-state index contributed by atoms with van der Waals surface area (Å²) in [6.07, 6.45) is 0.703. The van der Waals surface area contributed by atoms with Crippen LogP contribution in [0.1, 0.15) is 56.5 Å². The zero-order valence-corrected chi connectivity index (χ0v) is 48.7. The van der Waals surface area contributed by atoms with E-state index in [1.54, 1.807) is 17.2 Å². The molecule has 0 saturated carbocycles. The van der Waals surface area contributed by atoms with Crippen molar-refractivity contribution >= 4 is 55.7 Å². The number of benzene rings is 3. The molecule has 0 aliphatic rings. The number of halogens is 2. The molecule has 5 amide bonds. The van der Waals surface area contributed by atoms with Gasteiger partial charge in [0.15, 0.2) is 0 Å². The van der Waals surface area contributed by atoms with Gasteiger partial charge in [-0.15, -0.1) is 11.8 Å². The van der Waals surface area contributed by atoms with Crippen LogP contribution in [-0.2, 0) is 60.8 Å². The number of hydrogen-bond acceptors (Lipinski definition) is 13. The molecule has 4 aromatic rings. The van der Waals surface area contributed by atoms with Crippen molar-refractivity contribution in [1.82, 2.24) is 30.7 Å². The number of carboxylic acids is 1. The van der Waals surface area contributed by atoms with Gasteiger partial charge in [-0.05, 0) is 53.3 Å². The van der Waals surface area contributed by atoms with Crippen molar-refractivity contribution in [3.8, 4) is 11.1 Å². The molecular formula is C57H80F2N6O13SSi. The fourth-order valence-electron chi connectivity index (χ4n) is 7.92. The highest BCUT2D eigenvalue weighted by Gasteiger charge is 2.37. The molecule has 0 aliphatic heterocycles. The number of amides is 5. The minimum Gasteiger partial charge on any atom is -0.480 e. The third-order valence-corrected chi connectivity index (χ3v) is 14.7. The van der Waals surface area contributed by atoms with Gasteiger partial charge in [0, 0.05) is 69.4 Å². The Morgan fingerprint density at radius 1 is 0.713 bits per heavy atom. The lowest BCUT2D eigenvalue weighted by Crippen LogP contribution is -2.45. The number of aromatic nitrogens is 1. The zero-order valence-electron chi connectivity index (χ0n) is 46.9. The number of aliphatic carboxylic acids is 1. The third-order valence-electron chi connectivity index (χ3n) is 11.9. The molecule has 0 saturated heterocycles. The number of nitrogens with one attached hydrogen (secondary N) is 4. The van der Waals surface area contributed by atoms with Gasteiger partial charge in [-0.25, -0.2) is 23.2 Å². The highest BCUT2D eigenvalue weighted by molar-refractivity contribution is 8.00. The molecule has 23 heteroatoms. The van der Waals surface area contributed by atoms with E-state index in [0.717, 1.165) is 47.1 Å². The Morgan fingerprint density at radius 3 is 1.95 bits per heavy atom. The van der Waals surface area contributed by atoms with Gasteiger partial charge in [-0.3, -0.25) is 14.4 Å². The van der Waals surface area contributed by atoms with Gasteiger partial charge >= 0.3 is 18.2 Å². The van der Waals surface area contributed by atoms with Gasteiger partial charge in [-0.2, -0.15) is 0 Å². The van der Waals surface area contributed by atoms with Crippen LogP contribution in [0.25, 0.3) is 11.1 Å². The molecule has 4 rings (SSSR count). The molecule has 440 valence electrons. The lowest BCUT2D eigenvalue weighted by atomic mass is 9.83. The smallest absolute Gasteiger partial charge is 0.407 e. The van der Waals surface area contributed by atoms with E-state index in [4.69, 9.17) is 28.4 Å². The first-order chi connectivity index (χ1) is 38.2. The van der Waals surface area contributed by atoms with Crippen molar-refractivity contribution < 1.29 is 71.1 Å². The van der Waals surface area contributed by atoms with Crippen molar-refractivity contribution in [2.75, 3.05) is 97.1 Å². The number of nitrogens with zero attached hydrogens (tertiary/aromatic N) is 2. The molecule has 0 radical (unpaired) electrons. The van der Waals surface area contributed by atoms with E-state index >= 15 is 4.39 Å². The monoisotopic (exact) mass is 1150 g/mol. The molecule has 0 aliphatic carbocycles. The number of hydrogen-bond donors (Lipinski definition) is 5. The van der Waals surface area contributed by atoms with Crippen LogP contribution in [-0.4, -0.2) is 162 Å². The van der Waals surface area contributed by atoms with Crippen molar-refractivity contribution in [2.45, 2.75) is 84.5 Å². The van der Waals surface area contributed by atoms with Crippen LogP contribution in [0.15, 0.2) is 91.1 Å². The summed E-state index contributed by atoms with van der Waals surface area (Å²) in [5, 5.41) is 20.4. The molecule has 0 bridgehead atoms. The average Bonchev–Trinajstić information content (AvgIpc) is 3.84. The third kappa shape index (κ3) is 26.3. The molecule has 80 heavy (non-hydrogen) atoms. The summed E-state index contributed by atoms with van der Waals surface area (Å²) >= 11 is 1.05. The molecule has 19 nitrogen and oxygen atoms in total. The number of rotatable bonds is 37. The van der Waals surface area contributed by atoms with Gasteiger partial charge in [0.1, 0.15) is 24.3 Å². The van der Waals surface area contributed by atoms with E-state index in [-0.39, 0.29) is 101 Å². The quantitative estimate of drug-likeness (QED) is 0.0216. The largest absolute Gasteiger partial charge is 0.480 e. The van der Waals surface area contributed by atoms with Gasteiger partial charge in [0.25, 0.3) is 0 Å². The summed E-state index contributed by atoms with van der Waals surface area (Å²) in [4.78, 5) is 77.9. The standard InChI is InChI=1S/C57H80F2N6O13SSi/c1-57(2,3)53(49-34-44(46-35-45(58)18-19-47(46)59)38-64(49)37-42-14-9-7-10-15-42)65(23-13-21-61-55(71)77-32-33-80(4,5)6)52(68)41-79-40-48(54(69)70)63-50(66)20-24-73-26-28-75-30-31-76-29-27-74-25-22-60-51(67)36-62-56(72)78-39-43-16-11-8-12-17-43/h7-12,14-19,34-35,38,48,53H,13,20-33,36-37,39-41H2,1-6H3,(H,60,67)(H,61,71)(H,62,72)(H,63,66)(H,69,70). The molecule has 0 fully saturated rings. The Balaban J connectivity index is 1.22. The summed E-state index contributed by atoms with van der Waals surface area (Å²) in [7, 11) is -1.44. The zero-order chi connectivity index (χ0) is 58.3. The summed E-state index contributed by atoms with van der Waals surface area (Å²) in [5.41, 5.74) is 2.24. The van der Waals surface area contributed by atoms with E-state index in [0.29, 0.717) is 50.7 Å². The topological polar surface area (TPSA) is 234 Å². The van der Waals surface area contributed by atoms with Crippen LogP contribution in [0.2, 0.25) is 25.7 Å². The van der Waals surface area contributed by atoms with E-state index in [1.807, 2.05) is 86.0 Å². The van der Waals surface area contributed by atoms with Crippen LogP contribution in [0, 0.1) is 17.0 Å². The normalized spacial score (nSPS) is 12.2. The average molecular weight is 1160 g/mol. The Labute approximate surface area is 473 Å². The summed E-state index contributed by atoms with van der Waals surface area (Å²) in [5.74, 6) is -4.07. The van der Waals surface area contributed by atoms with Gasteiger partial charge in [-0.1, -0.05) is 101 Å². The lowest BCUT2D eigenvalue weighted by Gasteiger charge is -2.41. The van der Waals surface area contributed by atoms with Crippen molar-refractivity contribution in [3.05, 3.63) is 120 Å². The van der Waals surface area contributed by atoms with E-state index in [2.05, 4.69) is 40.9 Å². The van der Waals surface area contributed by atoms with Crippen LogP contribution in [0.4, 0.5) is 18.4 Å². The number of thioether (sulfide) groups is 1. The van der Waals surface area contributed by atoms with Crippen LogP contribution < -0.4 is 21.3 Å². The predicted molar refractivity (Wildman–Crippen MR) is 304 cm³/mol. The van der Waals surface area contributed by atoms with Crippen molar-refractivity contribution in [1.29, 1.82) is 0 Å². The number of carbonyl (C=O) groups excluding carboxylic acids is 5. The number of carboxylic acid groups (broad SMARTS) is 1. The van der Waals surface area contributed by atoms with E-state index in [9.17, 15) is 38.3 Å².